The summed E-state index contributed by atoms with van der Waals surface area (Å²) in [5.74, 6) is 1.42. The van der Waals surface area contributed by atoms with Crippen molar-refractivity contribution in [1.29, 1.82) is 0 Å². The van der Waals surface area contributed by atoms with Crippen LogP contribution in [0.2, 0.25) is 0 Å². The molecule has 0 amide bonds. The summed E-state index contributed by atoms with van der Waals surface area (Å²) in [7, 11) is 1.63. The van der Waals surface area contributed by atoms with Crippen LogP contribution in [0.3, 0.4) is 0 Å². The second kappa shape index (κ2) is 6.88. The van der Waals surface area contributed by atoms with Gasteiger partial charge in [0.1, 0.15) is 11.8 Å². The summed E-state index contributed by atoms with van der Waals surface area (Å²) < 4.78 is 16.2. The zero-order valence-corrected chi connectivity index (χ0v) is 14.6. The Morgan fingerprint density at radius 3 is 2.62 bits per heavy atom. The Labute approximate surface area is 151 Å². The summed E-state index contributed by atoms with van der Waals surface area (Å²) in [5, 5.41) is 9.66. The van der Waals surface area contributed by atoms with E-state index in [-0.39, 0.29) is 12.8 Å². The Hall–Kier alpha value is -2.73. The molecule has 6 heteroatoms. The normalized spacial score (nSPS) is 20.1. The molecule has 2 unspecified atom stereocenters. The van der Waals surface area contributed by atoms with Crippen molar-refractivity contribution in [1.82, 2.24) is 4.90 Å². The molecule has 0 bridgehead atoms. The summed E-state index contributed by atoms with van der Waals surface area (Å²) >= 11 is 0. The van der Waals surface area contributed by atoms with Gasteiger partial charge in [0, 0.05) is 6.54 Å². The third-order valence-corrected chi connectivity index (χ3v) is 5.05. The van der Waals surface area contributed by atoms with Gasteiger partial charge in [-0.3, -0.25) is 9.69 Å². The van der Waals surface area contributed by atoms with Crippen LogP contribution in [0, 0.1) is 0 Å². The fraction of sp³-hybridized carbons (Fsp3) is 0.350. The third-order valence-electron chi connectivity index (χ3n) is 5.05. The van der Waals surface area contributed by atoms with Gasteiger partial charge in [0.05, 0.1) is 13.2 Å². The first-order valence-electron chi connectivity index (χ1n) is 8.69. The van der Waals surface area contributed by atoms with Crippen molar-refractivity contribution in [2.45, 2.75) is 24.9 Å². The lowest BCUT2D eigenvalue weighted by Crippen LogP contribution is -2.39. The number of ether oxygens (including phenoxy) is 3. The first-order valence-corrected chi connectivity index (χ1v) is 8.69. The zero-order chi connectivity index (χ0) is 18.1. The lowest BCUT2D eigenvalue weighted by Gasteiger charge is -2.32. The minimum Gasteiger partial charge on any atom is -0.497 e. The highest BCUT2D eigenvalue weighted by Crippen LogP contribution is 2.40. The first-order chi connectivity index (χ1) is 12.7. The monoisotopic (exact) mass is 355 g/mol. The maximum absolute atomic E-state index is 11.8. The van der Waals surface area contributed by atoms with Crippen LogP contribution in [-0.2, 0) is 4.79 Å². The van der Waals surface area contributed by atoms with Gasteiger partial charge in [0.15, 0.2) is 11.5 Å². The number of carbonyl (C=O) groups is 1. The van der Waals surface area contributed by atoms with Gasteiger partial charge >= 0.3 is 5.97 Å². The van der Waals surface area contributed by atoms with E-state index in [1.807, 2.05) is 42.5 Å². The van der Waals surface area contributed by atoms with E-state index >= 15 is 0 Å². The molecule has 0 aromatic heterocycles. The summed E-state index contributed by atoms with van der Waals surface area (Å²) in [6.07, 6.45) is 1.53. The number of nitrogens with zero attached hydrogens (tertiary/aromatic N) is 1. The quantitative estimate of drug-likeness (QED) is 0.889. The number of rotatable bonds is 5. The van der Waals surface area contributed by atoms with Crippen LogP contribution in [0.1, 0.15) is 30.0 Å². The Balaban J connectivity index is 1.77. The number of likely N-dealkylation sites (tertiary alicyclic amines) is 1. The topological polar surface area (TPSA) is 68.2 Å². The van der Waals surface area contributed by atoms with E-state index in [0.717, 1.165) is 35.6 Å². The van der Waals surface area contributed by atoms with Crippen molar-refractivity contribution in [2.75, 3.05) is 20.4 Å². The van der Waals surface area contributed by atoms with Gasteiger partial charge in [-0.15, -0.1) is 0 Å². The maximum atomic E-state index is 11.8. The standard InChI is InChI=1S/C20H21NO5/c1-24-15-7-4-13(5-8-15)19(21-10-2-3-16(21)20(22)23)14-6-9-17-18(11-14)26-12-25-17/h4-9,11,16,19H,2-3,10,12H2,1H3,(H,22,23). The molecule has 2 aromatic carbocycles. The van der Waals surface area contributed by atoms with E-state index in [0.29, 0.717) is 12.2 Å². The molecule has 4 rings (SSSR count). The second-order valence-electron chi connectivity index (χ2n) is 6.52. The van der Waals surface area contributed by atoms with Crippen LogP contribution >= 0.6 is 0 Å². The molecule has 26 heavy (non-hydrogen) atoms. The lowest BCUT2D eigenvalue weighted by atomic mass is 9.95. The average Bonchev–Trinajstić information content (AvgIpc) is 3.31. The van der Waals surface area contributed by atoms with Crippen LogP contribution in [-0.4, -0.2) is 42.5 Å². The van der Waals surface area contributed by atoms with Crippen LogP contribution in [0.15, 0.2) is 42.5 Å². The molecular weight excluding hydrogens is 334 g/mol. The van der Waals surface area contributed by atoms with Crippen LogP contribution in [0.4, 0.5) is 0 Å². The summed E-state index contributed by atoms with van der Waals surface area (Å²) in [4.78, 5) is 13.8. The fourth-order valence-corrected chi connectivity index (χ4v) is 3.81. The molecule has 1 fully saturated rings. The van der Waals surface area contributed by atoms with Gasteiger partial charge in [0.2, 0.25) is 6.79 Å². The predicted molar refractivity (Wildman–Crippen MR) is 94.8 cm³/mol. The number of fused-ring (bicyclic) bond motifs is 1. The number of aliphatic carboxylic acids is 1. The third kappa shape index (κ3) is 2.97. The first kappa shape index (κ1) is 16.7. The molecule has 1 saturated heterocycles. The molecular formula is C20H21NO5. The molecule has 0 radical (unpaired) electrons. The summed E-state index contributed by atoms with van der Waals surface area (Å²) in [5.41, 5.74) is 2.02. The Kier molecular flexibility index (Phi) is 4.42. The molecule has 2 heterocycles. The summed E-state index contributed by atoms with van der Waals surface area (Å²) in [6, 6.07) is 13.0. The molecule has 0 spiro atoms. The van der Waals surface area contributed by atoms with E-state index in [1.54, 1.807) is 7.11 Å². The summed E-state index contributed by atoms with van der Waals surface area (Å²) in [6.45, 7) is 0.954. The van der Waals surface area contributed by atoms with Crippen molar-refractivity contribution in [2.24, 2.45) is 0 Å². The van der Waals surface area contributed by atoms with Crippen molar-refractivity contribution in [3.8, 4) is 17.2 Å². The highest BCUT2D eigenvalue weighted by molar-refractivity contribution is 5.74. The largest absolute Gasteiger partial charge is 0.497 e. The number of carboxylic acid groups (broad SMARTS) is 1. The molecule has 136 valence electrons. The molecule has 6 nitrogen and oxygen atoms in total. The van der Waals surface area contributed by atoms with Gasteiger partial charge in [-0.25, -0.2) is 0 Å². The molecule has 2 aromatic rings. The van der Waals surface area contributed by atoms with Gasteiger partial charge in [0.25, 0.3) is 0 Å². The van der Waals surface area contributed by atoms with Crippen molar-refractivity contribution < 1.29 is 24.1 Å². The van der Waals surface area contributed by atoms with Crippen LogP contribution in [0.5, 0.6) is 17.2 Å². The SMILES string of the molecule is COc1ccc(C(c2ccc3c(c2)OCO3)N2CCCC2C(=O)O)cc1. The van der Waals surface area contributed by atoms with E-state index in [1.165, 1.54) is 0 Å². The fourth-order valence-electron chi connectivity index (χ4n) is 3.81. The molecule has 0 aliphatic carbocycles. The van der Waals surface area contributed by atoms with Crippen molar-refractivity contribution in [3.05, 3.63) is 53.6 Å². The van der Waals surface area contributed by atoms with Crippen molar-refractivity contribution in [3.63, 3.8) is 0 Å². The Morgan fingerprint density at radius 2 is 1.88 bits per heavy atom. The highest BCUT2D eigenvalue weighted by Gasteiger charge is 2.37. The average molecular weight is 355 g/mol. The zero-order valence-electron chi connectivity index (χ0n) is 14.6. The Bertz CT molecular complexity index is 804. The maximum Gasteiger partial charge on any atom is 0.320 e. The number of carboxylic acids is 1. The molecule has 2 aliphatic heterocycles. The van der Waals surface area contributed by atoms with E-state index in [9.17, 15) is 9.90 Å². The van der Waals surface area contributed by atoms with Gasteiger partial charge in [-0.1, -0.05) is 18.2 Å². The van der Waals surface area contributed by atoms with Crippen LogP contribution < -0.4 is 14.2 Å². The molecule has 1 N–H and O–H groups in total. The number of hydrogen-bond donors (Lipinski definition) is 1. The van der Waals surface area contributed by atoms with E-state index in [2.05, 4.69) is 4.90 Å². The highest BCUT2D eigenvalue weighted by atomic mass is 16.7. The number of hydrogen-bond acceptors (Lipinski definition) is 5. The smallest absolute Gasteiger partial charge is 0.320 e. The van der Waals surface area contributed by atoms with Gasteiger partial charge in [-0.2, -0.15) is 0 Å². The van der Waals surface area contributed by atoms with E-state index in [4.69, 9.17) is 14.2 Å². The Morgan fingerprint density at radius 1 is 1.15 bits per heavy atom. The predicted octanol–water partition coefficient (Wildman–Crippen LogP) is 3.06. The van der Waals surface area contributed by atoms with Gasteiger partial charge in [-0.05, 0) is 48.2 Å². The van der Waals surface area contributed by atoms with Crippen molar-refractivity contribution >= 4 is 5.97 Å². The second-order valence-corrected chi connectivity index (χ2v) is 6.52. The van der Waals surface area contributed by atoms with Gasteiger partial charge < -0.3 is 19.3 Å². The minimum atomic E-state index is -0.776. The lowest BCUT2D eigenvalue weighted by molar-refractivity contribution is -0.142. The molecule has 2 atom stereocenters. The van der Waals surface area contributed by atoms with E-state index < -0.39 is 12.0 Å². The number of benzene rings is 2. The molecule has 0 saturated carbocycles. The minimum absolute atomic E-state index is 0.168. The number of methoxy groups -OCH3 is 1. The van der Waals surface area contributed by atoms with Crippen LogP contribution in [0.25, 0.3) is 0 Å². The molecule has 2 aliphatic rings.